The summed E-state index contributed by atoms with van der Waals surface area (Å²) in [5.41, 5.74) is 3.38. The van der Waals surface area contributed by atoms with Gasteiger partial charge in [0.1, 0.15) is 5.15 Å². The smallest absolute Gasteiger partial charge is 0.210 e. The normalized spacial score (nSPS) is 11.7. The van der Waals surface area contributed by atoms with Gasteiger partial charge in [-0.25, -0.2) is 9.66 Å². The summed E-state index contributed by atoms with van der Waals surface area (Å²) in [6.07, 6.45) is 1.75. The number of nitrogens with zero attached hydrogens (tertiary/aromatic N) is 4. The Hall–Kier alpha value is -2.05. The molecular formula is C18H20ClN5S. The van der Waals surface area contributed by atoms with Gasteiger partial charge in [0.15, 0.2) is 5.82 Å². The van der Waals surface area contributed by atoms with Gasteiger partial charge in [0.25, 0.3) is 0 Å². The molecule has 0 aliphatic carbocycles. The highest BCUT2D eigenvalue weighted by Gasteiger charge is 2.16. The zero-order valence-corrected chi connectivity index (χ0v) is 16.0. The zero-order chi connectivity index (χ0) is 18.0. The number of halogens is 1. The minimum absolute atomic E-state index is 0.114. The van der Waals surface area contributed by atoms with Crippen LogP contribution >= 0.6 is 23.4 Å². The lowest BCUT2D eigenvalue weighted by Gasteiger charge is -2.19. The first-order chi connectivity index (χ1) is 11.8. The van der Waals surface area contributed by atoms with Crippen molar-refractivity contribution in [1.82, 2.24) is 19.9 Å². The average molecular weight is 374 g/mol. The van der Waals surface area contributed by atoms with Crippen LogP contribution in [0.5, 0.6) is 0 Å². The van der Waals surface area contributed by atoms with E-state index in [4.69, 9.17) is 17.4 Å². The third-order valence-corrected chi connectivity index (χ3v) is 5.07. The molecule has 2 aromatic heterocycles. The van der Waals surface area contributed by atoms with E-state index in [-0.39, 0.29) is 5.41 Å². The van der Waals surface area contributed by atoms with Crippen LogP contribution in [0.3, 0.4) is 0 Å². The van der Waals surface area contributed by atoms with Crippen LogP contribution < -0.4 is 5.84 Å². The summed E-state index contributed by atoms with van der Waals surface area (Å²) < 4.78 is 1.53. The van der Waals surface area contributed by atoms with Crippen LogP contribution in [-0.2, 0) is 11.2 Å². The van der Waals surface area contributed by atoms with E-state index in [1.807, 2.05) is 18.2 Å². The van der Waals surface area contributed by atoms with Crippen LogP contribution in [0.15, 0.2) is 47.8 Å². The van der Waals surface area contributed by atoms with Crippen molar-refractivity contribution in [2.75, 3.05) is 5.84 Å². The lowest BCUT2D eigenvalue weighted by Crippen LogP contribution is -2.12. The highest BCUT2D eigenvalue weighted by atomic mass is 35.5. The van der Waals surface area contributed by atoms with E-state index in [0.29, 0.717) is 21.9 Å². The quantitative estimate of drug-likeness (QED) is 0.419. The number of nitrogen functional groups attached to an aromatic ring is 1. The van der Waals surface area contributed by atoms with Gasteiger partial charge in [-0.05, 0) is 22.6 Å². The number of hydrogen-bond donors (Lipinski definition) is 1. The molecule has 0 aliphatic heterocycles. The molecule has 0 unspecified atom stereocenters. The van der Waals surface area contributed by atoms with Gasteiger partial charge in [0, 0.05) is 17.5 Å². The summed E-state index contributed by atoms with van der Waals surface area (Å²) in [7, 11) is 0. The Balaban J connectivity index is 1.75. The molecule has 7 heteroatoms. The van der Waals surface area contributed by atoms with Crippen molar-refractivity contribution in [3.63, 3.8) is 0 Å². The fourth-order valence-electron chi connectivity index (χ4n) is 2.33. The summed E-state index contributed by atoms with van der Waals surface area (Å²) in [6, 6.07) is 12.0. The number of hydrogen-bond acceptors (Lipinski definition) is 5. The topological polar surface area (TPSA) is 69.6 Å². The Morgan fingerprint density at radius 1 is 1.08 bits per heavy atom. The molecule has 0 fully saturated rings. The molecule has 0 radical (unpaired) electrons. The van der Waals surface area contributed by atoms with E-state index in [1.54, 1.807) is 12.3 Å². The fraction of sp³-hybridized carbons (Fsp3) is 0.278. The van der Waals surface area contributed by atoms with E-state index in [9.17, 15) is 0 Å². The van der Waals surface area contributed by atoms with Crippen molar-refractivity contribution >= 4 is 23.4 Å². The maximum Gasteiger partial charge on any atom is 0.210 e. The molecule has 3 rings (SSSR count). The largest absolute Gasteiger partial charge is 0.335 e. The minimum atomic E-state index is 0.114. The third-order valence-electron chi connectivity index (χ3n) is 3.83. The van der Waals surface area contributed by atoms with Gasteiger partial charge in [-0.3, -0.25) is 0 Å². The molecule has 130 valence electrons. The van der Waals surface area contributed by atoms with E-state index >= 15 is 0 Å². The molecule has 0 amide bonds. The molecule has 5 nitrogen and oxygen atoms in total. The molecule has 0 spiro atoms. The standard InChI is InChI=1S/C18H20ClN5S/c1-18(2,3)14-7-5-13(6-8-14)16-22-23-17(24(16)20)25-11-12-4-9-15(19)21-10-12/h4-10H,11,20H2,1-3H3. The van der Waals surface area contributed by atoms with Crippen LogP contribution in [0.25, 0.3) is 11.4 Å². The first-order valence-corrected chi connectivity index (χ1v) is 9.25. The van der Waals surface area contributed by atoms with E-state index in [1.165, 1.54) is 22.0 Å². The van der Waals surface area contributed by atoms with Gasteiger partial charge in [0.05, 0.1) is 0 Å². The van der Waals surface area contributed by atoms with Gasteiger partial charge in [-0.15, -0.1) is 10.2 Å². The van der Waals surface area contributed by atoms with Crippen molar-refractivity contribution < 1.29 is 0 Å². The highest BCUT2D eigenvalue weighted by Crippen LogP contribution is 2.27. The van der Waals surface area contributed by atoms with E-state index in [0.717, 1.165) is 11.1 Å². The number of aromatic nitrogens is 4. The van der Waals surface area contributed by atoms with E-state index < -0.39 is 0 Å². The Morgan fingerprint density at radius 3 is 2.40 bits per heavy atom. The zero-order valence-electron chi connectivity index (χ0n) is 14.4. The molecule has 0 atom stereocenters. The predicted molar refractivity (Wildman–Crippen MR) is 103 cm³/mol. The summed E-state index contributed by atoms with van der Waals surface area (Å²) in [5, 5.41) is 9.58. The van der Waals surface area contributed by atoms with Crippen molar-refractivity contribution in [1.29, 1.82) is 0 Å². The van der Waals surface area contributed by atoms with Crippen molar-refractivity contribution in [3.05, 3.63) is 58.9 Å². The maximum atomic E-state index is 6.18. The van der Waals surface area contributed by atoms with Gasteiger partial charge >= 0.3 is 0 Å². The summed E-state index contributed by atoms with van der Waals surface area (Å²) in [5.74, 6) is 7.53. The SMILES string of the molecule is CC(C)(C)c1ccc(-c2nnc(SCc3ccc(Cl)nc3)n2N)cc1. The van der Waals surface area contributed by atoms with Crippen molar-refractivity contribution in [2.24, 2.45) is 0 Å². The average Bonchev–Trinajstić information content (AvgIpc) is 2.94. The van der Waals surface area contributed by atoms with Crippen LogP contribution in [0.4, 0.5) is 0 Å². The first-order valence-electron chi connectivity index (χ1n) is 7.89. The Labute approximate surface area is 156 Å². The predicted octanol–water partition coefficient (Wildman–Crippen LogP) is 4.30. The Bertz CT molecular complexity index is 851. The lowest BCUT2D eigenvalue weighted by atomic mass is 9.87. The molecule has 0 saturated heterocycles. The Kier molecular flexibility index (Phi) is 5.01. The monoisotopic (exact) mass is 373 g/mol. The molecule has 2 heterocycles. The molecule has 25 heavy (non-hydrogen) atoms. The van der Waals surface area contributed by atoms with Gasteiger partial charge in [-0.2, -0.15) is 0 Å². The van der Waals surface area contributed by atoms with Crippen LogP contribution in [0, 0.1) is 0 Å². The van der Waals surface area contributed by atoms with Crippen LogP contribution in [0.2, 0.25) is 5.15 Å². The van der Waals surface area contributed by atoms with Crippen LogP contribution in [0.1, 0.15) is 31.9 Å². The van der Waals surface area contributed by atoms with Crippen LogP contribution in [-0.4, -0.2) is 19.9 Å². The highest BCUT2D eigenvalue weighted by molar-refractivity contribution is 7.98. The minimum Gasteiger partial charge on any atom is -0.335 e. The van der Waals surface area contributed by atoms with Gasteiger partial charge in [0.2, 0.25) is 5.16 Å². The number of nitrogens with two attached hydrogens (primary N) is 1. The number of rotatable bonds is 4. The van der Waals surface area contributed by atoms with Gasteiger partial charge < -0.3 is 5.84 Å². The number of pyridine rings is 1. The van der Waals surface area contributed by atoms with Crippen molar-refractivity contribution in [3.8, 4) is 11.4 Å². The number of benzene rings is 1. The second kappa shape index (κ2) is 7.06. The maximum absolute atomic E-state index is 6.18. The lowest BCUT2D eigenvalue weighted by molar-refractivity contribution is 0.590. The molecule has 0 bridgehead atoms. The summed E-state index contributed by atoms with van der Waals surface area (Å²) >= 11 is 7.31. The Morgan fingerprint density at radius 2 is 1.80 bits per heavy atom. The molecule has 1 aromatic carbocycles. The summed E-state index contributed by atoms with van der Waals surface area (Å²) in [4.78, 5) is 4.07. The third kappa shape index (κ3) is 4.14. The molecule has 3 aromatic rings. The fourth-order valence-corrected chi connectivity index (χ4v) is 3.23. The molecular weight excluding hydrogens is 354 g/mol. The molecule has 2 N–H and O–H groups in total. The second-order valence-corrected chi connectivity index (χ2v) is 8.11. The molecule has 0 saturated carbocycles. The van der Waals surface area contributed by atoms with Crippen molar-refractivity contribution in [2.45, 2.75) is 37.1 Å². The van der Waals surface area contributed by atoms with Gasteiger partial charge in [-0.1, -0.05) is 74.5 Å². The first kappa shape index (κ1) is 17.8. The summed E-state index contributed by atoms with van der Waals surface area (Å²) in [6.45, 7) is 6.56. The second-order valence-electron chi connectivity index (χ2n) is 6.78. The van der Waals surface area contributed by atoms with E-state index in [2.05, 4.69) is 48.1 Å². The number of thioether (sulfide) groups is 1. The molecule has 0 aliphatic rings.